The summed E-state index contributed by atoms with van der Waals surface area (Å²) >= 11 is 4.04. The number of carbonyl (C=O) groups excluding carboxylic acids is 1. The molecule has 0 aliphatic rings. The first-order valence-corrected chi connectivity index (χ1v) is 6.98. The van der Waals surface area contributed by atoms with Crippen LogP contribution in [0.2, 0.25) is 0 Å². The van der Waals surface area contributed by atoms with E-state index in [0.29, 0.717) is 11.4 Å². The Hall–Kier alpha value is -1.99. The molecule has 2 aromatic rings. The number of hydrogen-bond donors (Lipinski definition) is 3. The predicted octanol–water partition coefficient (Wildman–Crippen LogP) is 2.23. The van der Waals surface area contributed by atoms with E-state index in [1.165, 1.54) is 4.09 Å². The van der Waals surface area contributed by atoms with Crippen molar-refractivity contribution in [3.63, 3.8) is 0 Å². The molecule has 0 bridgehead atoms. The lowest BCUT2D eigenvalue weighted by molar-refractivity contribution is 0.0703. The zero-order chi connectivity index (χ0) is 15.2. The number of carbonyl (C=O) groups is 1. The molecule has 1 amide bonds. The highest BCUT2D eigenvalue weighted by Crippen LogP contribution is 2.19. The van der Waals surface area contributed by atoms with Gasteiger partial charge in [-0.1, -0.05) is 25.5 Å². The van der Waals surface area contributed by atoms with Gasteiger partial charge in [-0.2, -0.15) is 0 Å². The van der Waals surface area contributed by atoms with Gasteiger partial charge in [-0.3, -0.25) is 10.0 Å². The van der Waals surface area contributed by atoms with Crippen LogP contribution in [-0.4, -0.2) is 20.3 Å². The predicted molar refractivity (Wildman–Crippen MR) is 80.6 cm³/mol. The fourth-order valence-electron chi connectivity index (χ4n) is 2.10. The van der Waals surface area contributed by atoms with Crippen LogP contribution in [0, 0.1) is 0 Å². The second-order valence-corrected chi connectivity index (χ2v) is 4.91. The van der Waals surface area contributed by atoms with Crippen LogP contribution in [0.3, 0.4) is 0 Å². The van der Waals surface area contributed by atoms with Crippen LogP contribution >= 0.6 is 12.8 Å². The number of aromatic nitrogens is 2. The van der Waals surface area contributed by atoms with Crippen LogP contribution in [0.4, 0.5) is 0 Å². The van der Waals surface area contributed by atoms with Crippen molar-refractivity contribution in [1.82, 2.24) is 14.7 Å². The minimum Gasteiger partial charge on any atom is -0.472 e. The number of thiol groups is 1. The molecule has 0 saturated heterocycles. The maximum atomic E-state index is 11.8. The Morgan fingerprint density at radius 1 is 1.48 bits per heavy atom. The zero-order valence-electron chi connectivity index (χ0n) is 11.6. The second kappa shape index (κ2) is 7.14. The van der Waals surface area contributed by atoms with Gasteiger partial charge in [-0.15, -0.1) is 5.10 Å². The van der Waals surface area contributed by atoms with Gasteiger partial charge in [-0.05, 0) is 30.9 Å². The Labute approximate surface area is 128 Å². The fraction of sp³-hybridized carbons (Fsp3) is 0.286. The molecule has 1 aromatic heterocycles. The molecule has 0 radical (unpaired) electrons. The third-order valence-electron chi connectivity index (χ3n) is 3.05. The standard InChI is InChI=1S/C14H17N3O3S/c1-2-4-10-5-3-6-11(14(18)16-19)12(10)9-20-13-7-8-17(21)15-13/h3,5-8,19,21H,2,4,9H2,1H3,(H,16,18). The number of rotatable bonds is 6. The molecule has 0 fully saturated rings. The third kappa shape index (κ3) is 3.77. The molecule has 1 aromatic carbocycles. The quantitative estimate of drug-likeness (QED) is 0.434. The number of ether oxygens (including phenoxy) is 1. The molecule has 2 N–H and O–H groups in total. The first-order chi connectivity index (χ1) is 10.2. The van der Waals surface area contributed by atoms with E-state index in [1.54, 1.807) is 29.9 Å². The summed E-state index contributed by atoms with van der Waals surface area (Å²) in [6.45, 7) is 2.26. The van der Waals surface area contributed by atoms with E-state index in [-0.39, 0.29) is 6.61 Å². The Morgan fingerprint density at radius 2 is 2.29 bits per heavy atom. The van der Waals surface area contributed by atoms with Gasteiger partial charge in [0.1, 0.15) is 6.61 Å². The van der Waals surface area contributed by atoms with Gasteiger partial charge < -0.3 is 4.74 Å². The molecule has 0 unspecified atom stereocenters. The normalized spacial score (nSPS) is 10.4. The smallest absolute Gasteiger partial charge is 0.275 e. The van der Waals surface area contributed by atoms with Gasteiger partial charge in [0.05, 0.1) is 0 Å². The highest BCUT2D eigenvalue weighted by atomic mass is 32.1. The van der Waals surface area contributed by atoms with Crippen molar-refractivity contribution in [2.45, 2.75) is 26.4 Å². The highest BCUT2D eigenvalue weighted by molar-refractivity contribution is 7.78. The summed E-state index contributed by atoms with van der Waals surface area (Å²) in [5.74, 6) is -0.127. The SMILES string of the molecule is CCCc1cccc(C(=O)NO)c1COc1ccn(S)n1. The second-order valence-electron chi connectivity index (χ2n) is 4.50. The van der Waals surface area contributed by atoms with Gasteiger partial charge in [0, 0.05) is 23.4 Å². The zero-order valence-corrected chi connectivity index (χ0v) is 12.5. The molecule has 0 aliphatic heterocycles. The van der Waals surface area contributed by atoms with Crippen LogP contribution < -0.4 is 10.2 Å². The Balaban J connectivity index is 2.27. The number of aryl methyl sites for hydroxylation is 1. The lowest BCUT2D eigenvalue weighted by Crippen LogP contribution is -2.21. The lowest BCUT2D eigenvalue weighted by Gasteiger charge is -2.13. The molecule has 0 spiro atoms. The first kappa shape index (κ1) is 15.4. The number of hydroxylamine groups is 1. The maximum Gasteiger partial charge on any atom is 0.275 e. The van der Waals surface area contributed by atoms with Crippen LogP contribution in [0.25, 0.3) is 0 Å². The van der Waals surface area contributed by atoms with Gasteiger partial charge in [0.25, 0.3) is 5.91 Å². The van der Waals surface area contributed by atoms with E-state index in [9.17, 15) is 4.79 Å². The van der Waals surface area contributed by atoms with Crippen LogP contribution in [0.5, 0.6) is 5.88 Å². The van der Waals surface area contributed by atoms with Crippen LogP contribution in [-0.2, 0) is 13.0 Å². The van der Waals surface area contributed by atoms with Crippen LogP contribution in [0.1, 0.15) is 34.8 Å². The number of hydrogen-bond acceptors (Lipinski definition) is 5. The number of nitrogens with zero attached hydrogens (tertiary/aromatic N) is 2. The first-order valence-electron chi connectivity index (χ1n) is 6.58. The fourth-order valence-corrected chi connectivity index (χ4v) is 2.26. The monoisotopic (exact) mass is 307 g/mol. The van der Waals surface area contributed by atoms with E-state index in [4.69, 9.17) is 9.94 Å². The van der Waals surface area contributed by atoms with Crippen molar-refractivity contribution in [2.24, 2.45) is 0 Å². The molecular formula is C14H17N3O3S. The van der Waals surface area contributed by atoms with Gasteiger partial charge >= 0.3 is 0 Å². The highest BCUT2D eigenvalue weighted by Gasteiger charge is 2.15. The van der Waals surface area contributed by atoms with Crippen molar-refractivity contribution in [2.75, 3.05) is 0 Å². The Kier molecular flexibility index (Phi) is 5.24. The minimum absolute atomic E-state index is 0.198. The van der Waals surface area contributed by atoms with Crippen molar-refractivity contribution >= 4 is 18.7 Å². The van der Waals surface area contributed by atoms with Gasteiger partial charge in [0.2, 0.25) is 5.88 Å². The van der Waals surface area contributed by atoms with E-state index >= 15 is 0 Å². The molecule has 0 aliphatic carbocycles. The molecule has 112 valence electrons. The molecule has 0 atom stereocenters. The summed E-state index contributed by atoms with van der Waals surface area (Å²) < 4.78 is 6.93. The Morgan fingerprint density at radius 3 is 2.90 bits per heavy atom. The summed E-state index contributed by atoms with van der Waals surface area (Å²) in [5.41, 5.74) is 3.83. The maximum absolute atomic E-state index is 11.8. The topological polar surface area (TPSA) is 76.4 Å². The molecule has 0 saturated carbocycles. The molecule has 7 heteroatoms. The molecular weight excluding hydrogens is 290 g/mol. The van der Waals surface area contributed by atoms with Crippen LogP contribution in [0.15, 0.2) is 30.5 Å². The van der Waals surface area contributed by atoms with Crippen molar-refractivity contribution in [1.29, 1.82) is 0 Å². The number of amides is 1. The van der Waals surface area contributed by atoms with Gasteiger partial charge in [0.15, 0.2) is 0 Å². The summed E-state index contributed by atoms with van der Waals surface area (Å²) in [4.78, 5) is 11.8. The average Bonchev–Trinajstić information content (AvgIpc) is 2.91. The van der Waals surface area contributed by atoms with Crippen molar-refractivity contribution < 1.29 is 14.7 Å². The Bertz CT molecular complexity index is 628. The molecule has 6 nitrogen and oxygen atoms in total. The van der Waals surface area contributed by atoms with Crippen molar-refractivity contribution in [3.8, 4) is 5.88 Å². The van der Waals surface area contributed by atoms with E-state index in [0.717, 1.165) is 24.0 Å². The minimum atomic E-state index is -0.550. The molecule has 2 rings (SSSR count). The number of benzene rings is 1. The largest absolute Gasteiger partial charge is 0.472 e. The average molecular weight is 307 g/mol. The lowest BCUT2D eigenvalue weighted by atomic mass is 9.98. The van der Waals surface area contributed by atoms with E-state index < -0.39 is 5.91 Å². The summed E-state index contributed by atoms with van der Waals surface area (Å²) in [6, 6.07) is 7.08. The molecule has 21 heavy (non-hydrogen) atoms. The summed E-state index contributed by atoms with van der Waals surface area (Å²) in [5, 5.41) is 12.9. The van der Waals surface area contributed by atoms with E-state index in [1.807, 2.05) is 6.07 Å². The van der Waals surface area contributed by atoms with E-state index in [2.05, 4.69) is 24.8 Å². The summed E-state index contributed by atoms with van der Waals surface area (Å²) in [6.07, 6.45) is 3.42. The van der Waals surface area contributed by atoms with Gasteiger partial charge in [-0.25, -0.2) is 9.57 Å². The number of nitrogens with one attached hydrogen (secondary N) is 1. The third-order valence-corrected chi connectivity index (χ3v) is 3.28. The molecule has 1 heterocycles. The summed E-state index contributed by atoms with van der Waals surface area (Å²) in [7, 11) is 0. The van der Waals surface area contributed by atoms with Crippen molar-refractivity contribution in [3.05, 3.63) is 47.2 Å².